The summed E-state index contributed by atoms with van der Waals surface area (Å²) in [6.45, 7) is 2.84. The van der Waals surface area contributed by atoms with E-state index in [9.17, 15) is 4.79 Å². The van der Waals surface area contributed by atoms with E-state index >= 15 is 0 Å². The van der Waals surface area contributed by atoms with Crippen LogP contribution in [0.1, 0.15) is 0 Å². The molecule has 4 heteroatoms. The first-order valence-electron chi connectivity index (χ1n) is 1.03. The molecule has 2 amide bonds. The number of nitrogens with zero attached hydrogens (tertiary/aromatic N) is 1. The van der Waals surface area contributed by atoms with Gasteiger partial charge in [0.2, 0.25) is 0 Å². The van der Waals surface area contributed by atoms with Crippen molar-refractivity contribution >= 4 is 12.7 Å². The minimum absolute atomic E-state index is 0. The van der Waals surface area contributed by atoms with E-state index in [1.807, 2.05) is 0 Å². The van der Waals surface area contributed by atoms with Crippen LogP contribution in [0.25, 0.3) is 0 Å². The average Bonchev–Trinajstić information content (AvgIpc) is 1.38. The topological polar surface area (TPSA) is 90.4 Å². The molecule has 0 saturated heterocycles. The number of rotatable bonds is 0. The van der Waals surface area contributed by atoms with Gasteiger partial charge in [0.15, 0.2) is 0 Å². The van der Waals surface area contributed by atoms with Gasteiger partial charge in [-0.05, 0) is 6.72 Å². The molecule has 0 aliphatic rings. The molecule has 0 bridgehead atoms. The zero-order chi connectivity index (χ0) is 4.28. The maximum Gasteiger partial charge on any atom is 0.337 e. The summed E-state index contributed by atoms with van der Waals surface area (Å²) in [6, 6.07) is -0.731. The molecule has 0 aromatic carbocycles. The fourth-order valence-electron chi connectivity index (χ4n) is 0. The Morgan fingerprint density at radius 1 is 1.83 bits per heavy atom. The fraction of sp³-hybridized carbons (Fsp3) is 0. The van der Waals surface area contributed by atoms with E-state index in [1.54, 1.807) is 0 Å². The van der Waals surface area contributed by atoms with Crippen LogP contribution < -0.4 is 11.9 Å². The third-order valence-corrected chi connectivity index (χ3v) is 0.156. The first-order valence-corrected chi connectivity index (χ1v) is 1.03. The highest BCUT2D eigenvalue weighted by atomic mass is 16.2. The van der Waals surface area contributed by atoms with Gasteiger partial charge in [-0.25, -0.2) is 9.79 Å². The second-order valence-electron chi connectivity index (χ2n) is 0.496. The highest BCUT2D eigenvalue weighted by Crippen LogP contribution is 1.53. The van der Waals surface area contributed by atoms with Gasteiger partial charge in [0, 0.05) is 0 Å². The number of hydrogen-bond donors (Lipinski definition) is 2. The Balaban J connectivity index is 0. The largest absolute Gasteiger partial charge is 0.350 e. The molecule has 0 radical (unpaired) electrons. The molecule has 6 heavy (non-hydrogen) atoms. The maximum absolute atomic E-state index is 9.36. The Hall–Kier alpha value is -0.900. The van der Waals surface area contributed by atoms with Gasteiger partial charge in [0.05, 0.1) is 0 Å². The van der Waals surface area contributed by atoms with Gasteiger partial charge in [0.1, 0.15) is 0 Å². The molecule has 0 unspecified atom stereocenters. The standard InChI is InChI=1S/C2H4N2O.H3N/c1-4-2(3)5;/h1H2,(H2,3,5);1H3. The summed E-state index contributed by atoms with van der Waals surface area (Å²) in [7, 11) is 0. The van der Waals surface area contributed by atoms with E-state index in [-0.39, 0.29) is 6.15 Å². The van der Waals surface area contributed by atoms with Gasteiger partial charge in [-0.2, -0.15) is 0 Å². The molecular weight excluding hydrogens is 82.0 g/mol. The predicted octanol–water partition coefficient (Wildman–Crippen LogP) is -0.0723. The molecule has 0 fully saturated rings. The minimum Gasteiger partial charge on any atom is -0.350 e. The Morgan fingerprint density at radius 3 is 2.00 bits per heavy atom. The van der Waals surface area contributed by atoms with Crippen molar-refractivity contribution in [1.29, 1.82) is 0 Å². The monoisotopic (exact) mass is 89.1 g/mol. The zero-order valence-electron chi connectivity index (χ0n) is 3.35. The molecule has 0 atom stereocenters. The van der Waals surface area contributed by atoms with Gasteiger partial charge in [-0.3, -0.25) is 0 Å². The van der Waals surface area contributed by atoms with E-state index in [4.69, 9.17) is 0 Å². The van der Waals surface area contributed by atoms with Crippen molar-refractivity contribution in [2.24, 2.45) is 10.7 Å². The van der Waals surface area contributed by atoms with E-state index in [0.717, 1.165) is 0 Å². The molecule has 4 nitrogen and oxygen atoms in total. The SMILES string of the molecule is C=NC(N)=O.N. The molecular formula is C2H7N3O. The van der Waals surface area contributed by atoms with Crippen LogP contribution in [0, 0.1) is 0 Å². The third kappa shape index (κ3) is 11.3. The molecule has 0 aliphatic heterocycles. The number of primary amides is 1. The Bertz CT molecular complexity index is 59.8. The summed E-state index contributed by atoms with van der Waals surface area (Å²) in [5, 5.41) is 0. The van der Waals surface area contributed by atoms with E-state index in [1.165, 1.54) is 0 Å². The number of carbonyl (C=O) groups excluding carboxylic acids is 1. The molecule has 0 rings (SSSR count). The van der Waals surface area contributed by atoms with Gasteiger partial charge in [0.25, 0.3) is 0 Å². The summed E-state index contributed by atoms with van der Waals surface area (Å²) in [6.07, 6.45) is 0. The second kappa shape index (κ2) is 4.10. The highest BCUT2D eigenvalue weighted by molar-refractivity contribution is 5.76. The van der Waals surface area contributed by atoms with Crippen molar-refractivity contribution in [3.05, 3.63) is 0 Å². The number of hydrogen-bond acceptors (Lipinski definition) is 2. The van der Waals surface area contributed by atoms with Crippen LogP contribution in [0.3, 0.4) is 0 Å². The summed E-state index contributed by atoms with van der Waals surface area (Å²) in [5.41, 5.74) is 4.42. The predicted molar refractivity (Wildman–Crippen MR) is 24.2 cm³/mol. The lowest BCUT2D eigenvalue weighted by molar-refractivity contribution is 0.257. The minimum atomic E-state index is -0.731. The number of urea groups is 1. The van der Waals surface area contributed by atoms with E-state index in [2.05, 4.69) is 17.4 Å². The van der Waals surface area contributed by atoms with E-state index in [0.29, 0.717) is 0 Å². The van der Waals surface area contributed by atoms with Crippen molar-refractivity contribution < 1.29 is 4.79 Å². The first-order chi connectivity index (χ1) is 2.27. The van der Waals surface area contributed by atoms with Crippen LogP contribution in [0.15, 0.2) is 4.99 Å². The molecule has 5 N–H and O–H groups in total. The van der Waals surface area contributed by atoms with Crippen molar-refractivity contribution in [3.63, 3.8) is 0 Å². The maximum atomic E-state index is 9.36. The summed E-state index contributed by atoms with van der Waals surface area (Å²) < 4.78 is 0. The second-order valence-corrected chi connectivity index (χ2v) is 0.496. The van der Waals surface area contributed by atoms with Crippen LogP contribution >= 0.6 is 0 Å². The first kappa shape index (κ1) is 8.92. The quantitative estimate of drug-likeness (QED) is 0.406. The Morgan fingerprint density at radius 2 is 2.00 bits per heavy atom. The average molecular weight is 89.1 g/mol. The molecule has 0 spiro atoms. The summed E-state index contributed by atoms with van der Waals surface area (Å²) >= 11 is 0. The van der Waals surface area contributed by atoms with Crippen LogP contribution in [-0.2, 0) is 0 Å². The number of nitrogens with two attached hydrogens (primary N) is 1. The number of amides is 2. The molecule has 0 heterocycles. The summed E-state index contributed by atoms with van der Waals surface area (Å²) in [5.74, 6) is 0. The lowest BCUT2D eigenvalue weighted by Gasteiger charge is -1.66. The summed E-state index contributed by atoms with van der Waals surface area (Å²) in [4.78, 5) is 12.1. The third-order valence-electron chi connectivity index (χ3n) is 0.156. The molecule has 36 valence electrons. The van der Waals surface area contributed by atoms with Crippen molar-refractivity contribution in [1.82, 2.24) is 6.15 Å². The van der Waals surface area contributed by atoms with Crippen LogP contribution in [0.5, 0.6) is 0 Å². The smallest absolute Gasteiger partial charge is 0.337 e. The Labute approximate surface area is 35.6 Å². The van der Waals surface area contributed by atoms with Gasteiger partial charge in [-0.15, -0.1) is 0 Å². The number of aliphatic imine (C=N–C) groups is 1. The normalized spacial score (nSPS) is 5.33. The fourth-order valence-corrected chi connectivity index (χ4v) is 0. The molecule has 0 aromatic heterocycles. The van der Waals surface area contributed by atoms with Crippen molar-refractivity contribution in [2.45, 2.75) is 0 Å². The zero-order valence-corrected chi connectivity index (χ0v) is 3.35. The van der Waals surface area contributed by atoms with Crippen molar-refractivity contribution in [2.75, 3.05) is 0 Å². The van der Waals surface area contributed by atoms with Crippen LogP contribution in [-0.4, -0.2) is 12.7 Å². The Kier molecular flexibility index (Phi) is 6.10. The molecule has 0 aliphatic carbocycles. The van der Waals surface area contributed by atoms with Gasteiger partial charge >= 0.3 is 6.03 Å². The molecule has 0 aromatic rings. The van der Waals surface area contributed by atoms with E-state index < -0.39 is 6.03 Å². The van der Waals surface area contributed by atoms with Crippen LogP contribution in [0.2, 0.25) is 0 Å². The molecule has 0 saturated carbocycles. The lowest BCUT2D eigenvalue weighted by atomic mass is 11.1. The van der Waals surface area contributed by atoms with Crippen molar-refractivity contribution in [3.8, 4) is 0 Å². The highest BCUT2D eigenvalue weighted by Gasteiger charge is 1.70. The van der Waals surface area contributed by atoms with Gasteiger partial charge in [-0.1, -0.05) is 0 Å². The number of carbonyl (C=O) groups is 1. The van der Waals surface area contributed by atoms with Gasteiger partial charge < -0.3 is 11.9 Å². The van der Waals surface area contributed by atoms with Crippen LogP contribution in [0.4, 0.5) is 4.79 Å². The lowest BCUT2D eigenvalue weighted by Crippen LogP contribution is -2.01.